The number of hydrogen-bond donors (Lipinski definition) is 0. The van der Waals surface area contributed by atoms with Gasteiger partial charge in [-0.3, -0.25) is 19.2 Å². The molecule has 1 aliphatic rings. The highest BCUT2D eigenvalue weighted by atomic mass is 32.2. The second-order valence-electron chi connectivity index (χ2n) is 7.55. The fourth-order valence-corrected chi connectivity index (χ4v) is 5.37. The number of nitrogens with zero attached hydrogens (tertiary/aromatic N) is 3. The van der Waals surface area contributed by atoms with Crippen molar-refractivity contribution >= 4 is 33.0 Å². The van der Waals surface area contributed by atoms with Gasteiger partial charge in [0.2, 0.25) is 5.91 Å². The van der Waals surface area contributed by atoms with E-state index in [0.717, 1.165) is 21.6 Å². The molecule has 0 N–H and O–H groups in total. The summed E-state index contributed by atoms with van der Waals surface area (Å²) in [6.45, 7) is 1.42. The molecule has 32 heavy (non-hydrogen) atoms. The van der Waals surface area contributed by atoms with Gasteiger partial charge in [-0.05, 0) is 43.2 Å². The second kappa shape index (κ2) is 8.43. The molecule has 0 saturated heterocycles. The van der Waals surface area contributed by atoms with E-state index in [4.69, 9.17) is 0 Å². The van der Waals surface area contributed by atoms with Crippen molar-refractivity contribution < 1.29 is 18.1 Å². The fourth-order valence-electron chi connectivity index (χ4n) is 3.94. The zero-order valence-electron chi connectivity index (χ0n) is 17.3. The first-order chi connectivity index (χ1) is 15.3. The Labute approximate surface area is 185 Å². The number of fused-ring (bicyclic) bond motifs is 1. The molecule has 0 aromatic heterocycles. The van der Waals surface area contributed by atoms with Gasteiger partial charge in [0.1, 0.15) is 6.54 Å². The van der Waals surface area contributed by atoms with Crippen LogP contribution in [-0.2, 0) is 21.2 Å². The summed E-state index contributed by atoms with van der Waals surface area (Å²) in [5.41, 5.74) is 1.56. The Morgan fingerprint density at radius 2 is 1.75 bits per heavy atom. The van der Waals surface area contributed by atoms with E-state index >= 15 is 0 Å². The lowest BCUT2D eigenvalue weighted by Crippen LogP contribution is -2.45. The molecule has 1 heterocycles. The first kappa shape index (κ1) is 21.5. The Kier molecular flexibility index (Phi) is 5.67. The Morgan fingerprint density at radius 1 is 1.06 bits per heavy atom. The molecule has 0 unspecified atom stereocenters. The molecule has 0 aliphatic carbocycles. The van der Waals surface area contributed by atoms with E-state index in [2.05, 4.69) is 0 Å². The van der Waals surface area contributed by atoms with Crippen molar-refractivity contribution in [2.45, 2.75) is 24.3 Å². The zero-order valence-corrected chi connectivity index (χ0v) is 18.1. The Bertz CT molecular complexity index is 1280. The highest BCUT2D eigenvalue weighted by Gasteiger charge is 2.35. The van der Waals surface area contributed by atoms with Crippen molar-refractivity contribution in [2.75, 3.05) is 15.7 Å². The van der Waals surface area contributed by atoms with Crippen LogP contribution in [0.2, 0.25) is 0 Å². The van der Waals surface area contributed by atoms with Crippen LogP contribution in [0.1, 0.15) is 12.5 Å². The lowest BCUT2D eigenvalue weighted by Gasteiger charge is -2.28. The summed E-state index contributed by atoms with van der Waals surface area (Å²) in [6.07, 6.45) is 0.671. The number of carbonyl (C=O) groups is 1. The van der Waals surface area contributed by atoms with Crippen molar-refractivity contribution in [2.24, 2.45) is 0 Å². The van der Waals surface area contributed by atoms with Crippen molar-refractivity contribution in [3.8, 4) is 0 Å². The van der Waals surface area contributed by atoms with Gasteiger partial charge in [0.05, 0.1) is 15.5 Å². The van der Waals surface area contributed by atoms with Crippen molar-refractivity contribution in [3.63, 3.8) is 0 Å². The molecule has 8 nitrogen and oxygen atoms in total. The highest BCUT2D eigenvalue weighted by molar-refractivity contribution is 7.92. The van der Waals surface area contributed by atoms with Crippen LogP contribution in [0.4, 0.5) is 17.1 Å². The van der Waals surface area contributed by atoms with Gasteiger partial charge in [-0.15, -0.1) is 0 Å². The number of rotatable bonds is 6. The maximum Gasteiger partial charge on any atom is 0.271 e. The quantitative estimate of drug-likeness (QED) is 0.419. The molecule has 3 aromatic rings. The number of benzene rings is 3. The maximum atomic E-state index is 13.5. The zero-order chi connectivity index (χ0) is 22.9. The third-order valence-electron chi connectivity index (χ3n) is 5.41. The molecule has 0 radical (unpaired) electrons. The molecule has 3 aromatic carbocycles. The third-order valence-corrected chi connectivity index (χ3v) is 7.20. The normalized spacial score (nSPS) is 15.3. The lowest BCUT2D eigenvalue weighted by atomic mass is 10.1. The molecular formula is C23H21N3O5S. The predicted octanol–water partition coefficient (Wildman–Crippen LogP) is 3.77. The molecule has 9 heteroatoms. The van der Waals surface area contributed by atoms with E-state index in [-0.39, 0.29) is 22.3 Å². The summed E-state index contributed by atoms with van der Waals surface area (Å²) >= 11 is 0. The maximum absolute atomic E-state index is 13.5. The van der Waals surface area contributed by atoms with E-state index < -0.39 is 27.4 Å². The number of amides is 1. The Hall–Kier alpha value is -3.72. The average Bonchev–Trinajstić information content (AvgIpc) is 3.13. The second-order valence-corrected chi connectivity index (χ2v) is 9.41. The van der Waals surface area contributed by atoms with E-state index in [0.29, 0.717) is 6.42 Å². The number of nitro benzene ring substituents is 1. The van der Waals surface area contributed by atoms with Gasteiger partial charge in [-0.1, -0.05) is 42.5 Å². The van der Waals surface area contributed by atoms with E-state index in [9.17, 15) is 23.3 Å². The summed E-state index contributed by atoms with van der Waals surface area (Å²) in [7, 11) is -4.15. The van der Waals surface area contributed by atoms with Gasteiger partial charge in [0, 0.05) is 23.9 Å². The highest BCUT2D eigenvalue weighted by Crippen LogP contribution is 2.33. The first-order valence-corrected chi connectivity index (χ1v) is 11.5. The Balaban J connectivity index is 1.76. The number of nitro groups is 1. The van der Waals surface area contributed by atoms with Gasteiger partial charge >= 0.3 is 0 Å². The smallest absolute Gasteiger partial charge is 0.271 e. The van der Waals surface area contributed by atoms with Crippen molar-refractivity contribution in [1.29, 1.82) is 0 Å². The summed E-state index contributed by atoms with van der Waals surface area (Å²) < 4.78 is 27.9. The molecule has 0 fully saturated rings. The molecule has 164 valence electrons. The monoisotopic (exact) mass is 451 g/mol. The first-order valence-electron chi connectivity index (χ1n) is 10.0. The number of carbonyl (C=O) groups excluding carboxylic acids is 1. The van der Waals surface area contributed by atoms with Gasteiger partial charge in [-0.2, -0.15) is 0 Å². The molecule has 0 bridgehead atoms. The van der Waals surface area contributed by atoms with Crippen LogP contribution in [-0.4, -0.2) is 31.8 Å². The van der Waals surface area contributed by atoms with Gasteiger partial charge in [0.15, 0.2) is 0 Å². The van der Waals surface area contributed by atoms with Gasteiger partial charge in [0.25, 0.3) is 15.7 Å². The molecular weight excluding hydrogens is 430 g/mol. The Morgan fingerprint density at radius 3 is 2.47 bits per heavy atom. The SMILES string of the molecule is C[C@H]1Cc2ccccc2N1C(=O)CN(c1cccc([N+](=O)[O-])c1)S(=O)(=O)c1ccccc1. The van der Waals surface area contributed by atoms with E-state index in [1.54, 1.807) is 23.1 Å². The molecule has 0 spiro atoms. The summed E-state index contributed by atoms with van der Waals surface area (Å²) in [6, 6.07) is 20.4. The molecule has 1 aliphatic heterocycles. The van der Waals surface area contributed by atoms with E-state index in [1.807, 2.05) is 31.2 Å². The topological polar surface area (TPSA) is 101 Å². The number of hydrogen-bond acceptors (Lipinski definition) is 5. The average molecular weight is 452 g/mol. The number of anilines is 2. The third kappa shape index (κ3) is 3.94. The minimum absolute atomic E-state index is 0.00539. The minimum Gasteiger partial charge on any atom is -0.307 e. The molecule has 4 rings (SSSR count). The van der Waals surface area contributed by atoms with Crippen LogP contribution < -0.4 is 9.21 Å². The van der Waals surface area contributed by atoms with Crippen LogP contribution in [0.15, 0.2) is 83.8 Å². The molecule has 1 amide bonds. The number of sulfonamides is 1. The fraction of sp³-hybridized carbons (Fsp3) is 0.174. The van der Waals surface area contributed by atoms with Crippen LogP contribution in [0, 0.1) is 10.1 Å². The van der Waals surface area contributed by atoms with Crippen LogP contribution >= 0.6 is 0 Å². The van der Waals surface area contributed by atoms with Gasteiger partial charge < -0.3 is 4.90 Å². The van der Waals surface area contributed by atoms with Crippen LogP contribution in [0.5, 0.6) is 0 Å². The number of para-hydroxylation sites is 1. The van der Waals surface area contributed by atoms with E-state index in [1.165, 1.54) is 30.3 Å². The van der Waals surface area contributed by atoms with Crippen LogP contribution in [0.3, 0.4) is 0 Å². The van der Waals surface area contributed by atoms with Crippen molar-refractivity contribution in [1.82, 2.24) is 0 Å². The van der Waals surface area contributed by atoms with Crippen molar-refractivity contribution in [3.05, 3.63) is 94.5 Å². The predicted molar refractivity (Wildman–Crippen MR) is 121 cm³/mol. The van der Waals surface area contributed by atoms with Gasteiger partial charge in [-0.25, -0.2) is 8.42 Å². The molecule has 1 atom stereocenters. The number of non-ortho nitro benzene ring substituents is 1. The minimum atomic E-state index is -4.15. The summed E-state index contributed by atoms with van der Waals surface area (Å²) in [5.74, 6) is -0.409. The largest absolute Gasteiger partial charge is 0.307 e. The summed E-state index contributed by atoms with van der Waals surface area (Å²) in [5, 5.41) is 11.3. The molecule has 0 saturated carbocycles. The van der Waals surface area contributed by atoms with Crippen LogP contribution in [0.25, 0.3) is 0 Å². The lowest BCUT2D eigenvalue weighted by molar-refractivity contribution is -0.384. The standard InChI is InChI=1S/C23H21N3O5S/c1-17-14-18-8-5-6-13-22(18)25(17)23(27)16-24(19-9-7-10-20(15-19)26(28)29)32(30,31)21-11-3-2-4-12-21/h2-13,15,17H,14,16H2,1H3/t17-/m0/s1. The summed E-state index contributed by atoms with van der Waals surface area (Å²) in [4.78, 5) is 25.6.